The van der Waals surface area contributed by atoms with Gasteiger partial charge in [-0.25, -0.2) is 0 Å². The topological polar surface area (TPSA) is 228 Å². The average molecular weight is 924 g/mol. The first-order chi connectivity index (χ1) is 31.6. The number of carbonyl (C=O) groups is 1. The van der Waals surface area contributed by atoms with Crippen LogP contribution in [-0.4, -0.2) is 140 Å². The zero-order valence-electron chi connectivity index (χ0n) is 39.7. The van der Waals surface area contributed by atoms with Crippen LogP contribution in [0.4, 0.5) is 0 Å². The van der Waals surface area contributed by atoms with Gasteiger partial charge in [-0.3, -0.25) is 4.79 Å². The van der Waals surface area contributed by atoms with E-state index in [1.165, 1.54) is 32.1 Å². The first kappa shape index (κ1) is 58.8. The molecule has 14 heteroatoms. The van der Waals surface area contributed by atoms with Crippen LogP contribution in [0.5, 0.6) is 0 Å². The van der Waals surface area contributed by atoms with Gasteiger partial charge in [0.25, 0.3) is 0 Å². The van der Waals surface area contributed by atoms with Crippen molar-refractivity contribution in [3.63, 3.8) is 0 Å². The second-order valence-electron chi connectivity index (χ2n) is 17.6. The highest BCUT2D eigenvalue weighted by Crippen LogP contribution is 2.30. The predicted octanol–water partition coefficient (Wildman–Crippen LogP) is 6.27. The highest BCUT2D eigenvalue weighted by atomic mass is 16.7. The highest BCUT2D eigenvalue weighted by molar-refractivity contribution is 5.76. The van der Waals surface area contributed by atoms with Crippen molar-refractivity contribution in [3.05, 3.63) is 60.8 Å². The Hall–Kier alpha value is -2.31. The Balaban J connectivity index is 1.76. The number of ether oxygens (including phenoxy) is 4. The number of hydrogen-bond donors (Lipinski definition) is 9. The SMILES string of the molecule is CC/C=C\C/C=C\C/C=C\C/C=C\C/C=C\CCCCCCCCCC(=O)NC(COC1OC(CO)C(OC2OC(CO)C(O)C(O)C2O)C(O)C1O)C(O)CCCCCCCCCC. The van der Waals surface area contributed by atoms with Gasteiger partial charge in [-0.1, -0.05) is 158 Å². The average Bonchev–Trinajstić information content (AvgIpc) is 3.30. The Bertz CT molecular complexity index is 1320. The molecule has 1 amide bonds. The summed E-state index contributed by atoms with van der Waals surface area (Å²) in [6.07, 6.45) is 28.1. The van der Waals surface area contributed by atoms with Crippen LogP contribution >= 0.6 is 0 Å². The lowest BCUT2D eigenvalue weighted by molar-refractivity contribution is -0.359. The molecule has 9 N–H and O–H groups in total. The van der Waals surface area contributed by atoms with Crippen molar-refractivity contribution in [3.8, 4) is 0 Å². The molecule has 0 radical (unpaired) electrons. The van der Waals surface area contributed by atoms with Crippen LogP contribution in [0.2, 0.25) is 0 Å². The highest BCUT2D eigenvalue weighted by Gasteiger charge is 2.51. The molecule has 0 aliphatic carbocycles. The third-order valence-corrected chi connectivity index (χ3v) is 12.0. The first-order valence-electron chi connectivity index (χ1n) is 25.0. The number of amides is 1. The molecule has 2 rings (SSSR count). The maximum atomic E-state index is 13.1. The van der Waals surface area contributed by atoms with Crippen molar-refractivity contribution in [1.29, 1.82) is 0 Å². The van der Waals surface area contributed by atoms with Gasteiger partial charge in [0, 0.05) is 6.42 Å². The standard InChI is InChI=1S/C51H89NO13/c1-3-5-7-9-11-13-14-15-16-17-18-19-20-21-22-23-24-25-26-27-29-31-33-35-43(56)52-39(40(55)34-32-30-28-12-10-8-6-4-2)38-62-50-48(61)46(59)49(42(37-54)64-50)65-51-47(60)45(58)44(57)41(36-53)63-51/h5,7,11,13,15-16,18-19,21-22,39-42,44-51,53-55,57-61H,3-4,6,8-10,12,14,17,20,23-38H2,1-2H3,(H,52,56)/b7-5-,13-11-,16-15-,19-18-,22-21-. The molecule has 12 unspecified atom stereocenters. The summed E-state index contributed by atoms with van der Waals surface area (Å²) < 4.78 is 22.7. The molecule has 0 aromatic carbocycles. The Morgan fingerprint density at radius 2 is 1.06 bits per heavy atom. The zero-order valence-corrected chi connectivity index (χ0v) is 39.7. The van der Waals surface area contributed by atoms with Crippen LogP contribution in [0.3, 0.4) is 0 Å². The van der Waals surface area contributed by atoms with Crippen molar-refractivity contribution in [2.45, 2.75) is 235 Å². The van der Waals surface area contributed by atoms with Gasteiger partial charge < -0.3 is 65.1 Å². The minimum Gasteiger partial charge on any atom is -0.394 e. The fourth-order valence-corrected chi connectivity index (χ4v) is 7.91. The summed E-state index contributed by atoms with van der Waals surface area (Å²) in [5.41, 5.74) is 0. The molecule has 0 aromatic rings. The molecule has 2 aliphatic heterocycles. The Morgan fingerprint density at radius 1 is 0.569 bits per heavy atom. The summed E-state index contributed by atoms with van der Waals surface area (Å²) in [6.45, 7) is 2.66. The van der Waals surface area contributed by atoms with Gasteiger partial charge in [0.2, 0.25) is 5.91 Å². The molecule has 2 saturated heterocycles. The summed E-state index contributed by atoms with van der Waals surface area (Å²) >= 11 is 0. The van der Waals surface area contributed by atoms with Gasteiger partial charge >= 0.3 is 0 Å². The number of hydrogen-bond acceptors (Lipinski definition) is 13. The lowest BCUT2D eigenvalue weighted by Crippen LogP contribution is -2.65. The van der Waals surface area contributed by atoms with Gasteiger partial charge in [-0.05, 0) is 57.8 Å². The fourth-order valence-electron chi connectivity index (χ4n) is 7.91. The maximum absolute atomic E-state index is 13.1. The van der Waals surface area contributed by atoms with Crippen molar-refractivity contribution in [2.75, 3.05) is 19.8 Å². The molecule has 2 aliphatic rings. The maximum Gasteiger partial charge on any atom is 0.220 e. The van der Waals surface area contributed by atoms with E-state index in [1.807, 2.05) is 0 Å². The molecule has 376 valence electrons. The van der Waals surface area contributed by atoms with Crippen LogP contribution in [0, 0.1) is 0 Å². The van der Waals surface area contributed by atoms with Gasteiger partial charge in [0.1, 0.15) is 48.8 Å². The molecule has 0 spiro atoms. The molecule has 2 fully saturated rings. The van der Waals surface area contributed by atoms with Crippen LogP contribution in [-0.2, 0) is 23.7 Å². The van der Waals surface area contributed by atoms with Gasteiger partial charge in [0.05, 0.1) is 32.0 Å². The van der Waals surface area contributed by atoms with Crippen LogP contribution in [0.1, 0.15) is 162 Å². The van der Waals surface area contributed by atoms with Crippen LogP contribution < -0.4 is 5.32 Å². The molecule has 0 aromatic heterocycles. The van der Waals surface area contributed by atoms with E-state index >= 15 is 0 Å². The number of carbonyl (C=O) groups excluding carboxylic acids is 1. The number of allylic oxidation sites excluding steroid dienone is 10. The summed E-state index contributed by atoms with van der Waals surface area (Å²) in [5.74, 6) is -0.225. The van der Waals surface area contributed by atoms with E-state index in [-0.39, 0.29) is 18.9 Å². The van der Waals surface area contributed by atoms with E-state index in [0.29, 0.717) is 12.8 Å². The molecule has 2 heterocycles. The van der Waals surface area contributed by atoms with Gasteiger partial charge in [-0.2, -0.15) is 0 Å². The van der Waals surface area contributed by atoms with Crippen molar-refractivity contribution in [2.24, 2.45) is 0 Å². The van der Waals surface area contributed by atoms with E-state index in [9.17, 15) is 45.6 Å². The monoisotopic (exact) mass is 924 g/mol. The number of nitrogens with one attached hydrogen (secondary N) is 1. The quantitative estimate of drug-likeness (QED) is 0.0248. The number of aliphatic hydroxyl groups is 8. The van der Waals surface area contributed by atoms with Crippen LogP contribution in [0.25, 0.3) is 0 Å². The molecule has 0 saturated carbocycles. The minimum atomic E-state index is -1.78. The van der Waals surface area contributed by atoms with Crippen molar-refractivity contribution in [1.82, 2.24) is 5.32 Å². The molecular formula is C51H89NO13. The van der Waals surface area contributed by atoms with E-state index in [0.717, 1.165) is 96.3 Å². The number of unbranched alkanes of at least 4 members (excludes halogenated alkanes) is 14. The Kier molecular flexibility index (Phi) is 34.1. The summed E-state index contributed by atoms with van der Waals surface area (Å²) in [5, 5.41) is 86.6. The van der Waals surface area contributed by atoms with E-state index in [2.05, 4.69) is 79.9 Å². The molecule has 65 heavy (non-hydrogen) atoms. The summed E-state index contributed by atoms with van der Waals surface area (Å²) in [6, 6.07) is -0.835. The molecule has 0 bridgehead atoms. The third-order valence-electron chi connectivity index (χ3n) is 12.0. The second-order valence-corrected chi connectivity index (χ2v) is 17.6. The third kappa shape index (κ3) is 25.0. The minimum absolute atomic E-state index is 0.225. The number of aliphatic hydroxyl groups excluding tert-OH is 8. The van der Waals surface area contributed by atoms with E-state index in [1.54, 1.807) is 0 Å². The second kappa shape index (κ2) is 37.6. The Labute approximate surface area is 390 Å². The summed E-state index contributed by atoms with van der Waals surface area (Å²) in [4.78, 5) is 13.1. The predicted molar refractivity (Wildman–Crippen MR) is 254 cm³/mol. The van der Waals surface area contributed by atoms with E-state index < -0.39 is 86.8 Å². The molecule has 14 nitrogen and oxygen atoms in total. The van der Waals surface area contributed by atoms with Crippen LogP contribution in [0.15, 0.2) is 60.8 Å². The Morgan fingerprint density at radius 3 is 1.63 bits per heavy atom. The largest absolute Gasteiger partial charge is 0.394 e. The molecular weight excluding hydrogens is 835 g/mol. The van der Waals surface area contributed by atoms with E-state index in [4.69, 9.17) is 18.9 Å². The van der Waals surface area contributed by atoms with Gasteiger partial charge in [0.15, 0.2) is 12.6 Å². The zero-order chi connectivity index (χ0) is 47.5. The smallest absolute Gasteiger partial charge is 0.220 e. The lowest BCUT2D eigenvalue weighted by Gasteiger charge is -2.46. The molecule has 12 atom stereocenters. The normalized spacial score (nSPS) is 27.5. The fraction of sp³-hybridized carbons (Fsp3) is 0.784. The van der Waals surface area contributed by atoms with Crippen molar-refractivity contribution < 1.29 is 64.6 Å². The summed E-state index contributed by atoms with van der Waals surface area (Å²) in [7, 11) is 0. The number of rotatable bonds is 37. The lowest BCUT2D eigenvalue weighted by atomic mass is 9.97. The van der Waals surface area contributed by atoms with Crippen molar-refractivity contribution >= 4 is 5.91 Å². The van der Waals surface area contributed by atoms with Gasteiger partial charge in [-0.15, -0.1) is 0 Å². The first-order valence-corrected chi connectivity index (χ1v) is 25.0.